The Labute approximate surface area is 205 Å². The Balaban J connectivity index is 1.59. The molecule has 0 N–H and O–H groups in total. The number of alkyl halides is 1. The van der Waals surface area contributed by atoms with Crippen LogP contribution in [0, 0.1) is 19.8 Å². The number of Topliss-reactive ketones (excluding diaryl/α,β-unsaturated/α-hetero) is 1. The molecule has 1 aromatic carbocycles. The number of nitrogens with zero attached hydrogens (tertiary/aromatic N) is 2. The summed E-state index contributed by atoms with van der Waals surface area (Å²) in [5.74, 6) is 0.376. The Morgan fingerprint density at radius 1 is 1.27 bits per heavy atom. The molecule has 172 valence electrons. The van der Waals surface area contributed by atoms with Crippen LogP contribution < -0.4 is 9.64 Å². The zero-order valence-electron chi connectivity index (χ0n) is 18.5. The van der Waals surface area contributed by atoms with Crippen molar-refractivity contribution in [1.82, 2.24) is 4.98 Å². The predicted octanol–water partition coefficient (Wildman–Crippen LogP) is 5.20. The standard InChI is InChI=1S/C25H25BrN2O4S/c1-4-11-31-17-8-5-15(6-9-17)21-20-22(29)18-12-16(26)7-10-19(18)32-23(20)24(30)28(21)25-27-13(2)14(3)33-25/h4-6,8-9,16,18-19,21H,1,7,10-12H2,2-3H3. The molecular weight excluding hydrogens is 504 g/mol. The Kier molecular flexibility index (Phi) is 5.91. The highest BCUT2D eigenvalue weighted by Crippen LogP contribution is 2.49. The van der Waals surface area contributed by atoms with Gasteiger partial charge in [-0.15, -0.1) is 11.3 Å². The monoisotopic (exact) mass is 528 g/mol. The second-order valence-electron chi connectivity index (χ2n) is 8.66. The second kappa shape index (κ2) is 8.72. The molecule has 0 spiro atoms. The fourth-order valence-electron chi connectivity index (χ4n) is 4.79. The van der Waals surface area contributed by atoms with Crippen molar-refractivity contribution in [2.24, 2.45) is 5.92 Å². The maximum atomic E-state index is 13.8. The van der Waals surface area contributed by atoms with E-state index in [1.165, 1.54) is 11.3 Å². The van der Waals surface area contributed by atoms with Crippen molar-refractivity contribution in [3.63, 3.8) is 0 Å². The number of ether oxygens (including phenoxy) is 2. The minimum Gasteiger partial charge on any atom is -0.490 e. The summed E-state index contributed by atoms with van der Waals surface area (Å²) in [5.41, 5.74) is 2.15. The quantitative estimate of drug-likeness (QED) is 0.394. The molecule has 0 saturated heterocycles. The molecule has 33 heavy (non-hydrogen) atoms. The molecule has 1 saturated carbocycles. The number of carbonyl (C=O) groups is 2. The summed E-state index contributed by atoms with van der Waals surface area (Å²) in [6.45, 7) is 7.99. The van der Waals surface area contributed by atoms with Crippen molar-refractivity contribution in [2.45, 2.75) is 50.1 Å². The Morgan fingerprint density at radius 3 is 2.70 bits per heavy atom. The number of anilines is 1. The number of fused-ring (bicyclic) bond motifs is 1. The van der Waals surface area contributed by atoms with E-state index in [1.54, 1.807) is 11.0 Å². The lowest BCUT2D eigenvalue weighted by Gasteiger charge is -2.37. The summed E-state index contributed by atoms with van der Waals surface area (Å²) < 4.78 is 11.9. The van der Waals surface area contributed by atoms with E-state index in [1.807, 2.05) is 38.1 Å². The molecule has 2 aromatic rings. The van der Waals surface area contributed by atoms with Gasteiger partial charge in [-0.3, -0.25) is 14.5 Å². The number of carbonyl (C=O) groups excluding carboxylic acids is 2. The van der Waals surface area contributed by atoms with E-state index in [0.717, 1.165) is 29.0 Å². The van der Waals surface area contributed by atoms with Gasteiger partial charge in [0, 0.05) is 9.70 Å². The van der Waals surface area contributed by atoms with Crippen LogP contribution in [-0.4, -0.2) is 34.2 Å². The largest absolute Gasteiger partial charge is 0.490 e. The number of hydrogen-bond donors (Lipinski definition) is 0. The first-order chi connectivity index (χ1) is 15.9. The van der Waals surface area contributed by atoms with Gasteiger partial charge in [-0.25, -0.2) is 4.98 Å². The highest BCUT2D eigenvalue weighted by atomic mass is 79.9. The van der Waals surface area contributed by atoms with Crippen molar-refractivity contribution >= 4 is 44.1 Å². The summed E-state index contributed by atoms with van der Waals surface area (Å²) in [7, 11) is 0. The first kappa shape index (κ1) is 22.3. The average molecular weight is 529 g/mol. The van der Waals surface area contributed by atoms with E-state index in [0.29, 0.717) is 29.5 Å². The molecule has 3 aliphatic rings. The predicted molar refractivity (Wildman–Crippen MR) is 131 cm³/mol. The number of hydrogen-bond acceptors (Lipinski definition) is 6. The van der Waals surface area contributed by atoms with E-state index in [-0.39, 0.29) is 34.3 Å². The molecular formula is C25H25BrN2O4S. The van der Waals surface area contributed by atoms with Crippen LogP contribution >= 0.6 is 27.3 Å². The molecule has 6 nitrogen and oxygen atoms in total. The first-order valence-corrected chi connectivity index (χ1v) is 12.8. The van der Waals surface area contributed by atoms with E-state index in [9.17, 15) is 9.59 Å². The lowest BCUT2D eigenvalue weighted by molar-refractivity contribution is -0.131. The fourth-order valence-corrected chi connectivity index (χ4v) is 6.39. The number of benzene rings is 1. The molecule has 8 heteroatoms. The van der Waals surface area contributed by atoms with Gasteiger partial charge >= 0.3 is 0 Å². The summed E-state index contributed by atoms with van der Waals surface area (Å²) in [6, 6.07) is 6.94. The van der Waals surface area contributed by atoms with Gasteiger partial charge < -0.3 is 9.47 Å². The van der Waals surface area contributed by atoms with Gasteiger partial charge in [0.15, 0.2) is 16.7 Å². The molecule has 1 fully saturated rings. The summed E-state index contributed by atoms with van der Waals surface area (Å²) in [6.07, 6.45) is 3.83. The minimum atomic E-state index is -0.574. The molecule has 2 aliphatic heterocycles. The van der Waals surface area contributed by atoms with Gasteiger partial charge in [0.2, 0.25) is 0 Å². The topological polar surface area (TPSA) is 68.7 Å². The van der Waals surface area contributed by atoms with Crippen molar-refractivity contribution < 1.29 is 19.1 Å². The van der Waals surface area contributed by atoms with Crippen LogP contribution in [0.3, 0.4) is 0 Å². The lowest BCUT2D eigenvalue weighted by Crippen LogP contribution is -2.41. The average Bonchev–Trinajstić information content (AvgIpc) is 3.29. The third-order valence-electron chi connectivity index (χ3n) is 6.57. The van der Waals surface area contributed by atoms with Gasteiger partial charge in [-0.2, -0.15) is 0 Å². The third kappa shape index (κ3) is 3.83. The van der Waals surface area contributed by atoms with Crippen LogP contribution in [0.2, 0.25) is 0 Å². The lowest BCUT2D eigenvalue weighted by atomic mass is 9.77. The zero-order valence-corrected chi connectivity index (χ0v) is 20.9. The molecule has 0 radical (unpaired) electrons. The number of rotatable bonds is 5. The smallest absolute Gasteiger partial charge is 0.296 e. The van der Waals surface area contributed by atoms with Gasteiger partial charge in [-0.05, 0) is 50.8 Å². The SMILES string of the molecule is C=CCOc1ccc(C2C3=C(OC4CCC(Br)CC4C3=O)C(=O)N2c2nc(C)c(C)s2)cc1. The molecule has 1 aromatic heterocycles. The Hall–Kier alpha value is -2.45. The van der Waals surface area contributed by atoms with Crippen LogP contribution in [0.25, 0.3) is 0 Å². The Morgan fingerprint density at radius 2 is 2.03 bits per heavy atom. The van der Waals surface area contributed by atoms with Crippen molar-refractivity contribution in [3.05, 3.63) is 64.4 Å². The van der Waals surface area contributed by atoms with Crippen LogP contribution in [-0.2, 0) is 14.3 Å². The highest BCUT2D eigenvalue weighted by Gasteiger charge is 2.53. The van der Waals surface area contributed by atoms with E-state index in [4.69, 9.17) is 9.47 Å². The molecule has 0 bridgehead atoms. The molecule has 1 aliphatic carbocycles. The van der Waals surface area contributed by atoms with Crippen LogP contribution in [0.15, 0.2) is 48.3 Å². The van der Waals surface area contributed by atoms with E-state index >= 15 is 0 Å². The van der Waals surface area contributed by atoms with Crippen molar-refractivity contribution in [1.29, 1.82) is 0 Å². The third-order valence-corrected chi connectivity index (χ3v) is 8.47. The van der Waals surface area contributed by atoms with Gasteiger partial charge in [0.25, 0.3) is 5.91 Å². The number of aromatic nitrogens is 1. The van der Waals surface area contributed by atoms with Gasteiger partial charge in [0.1, 0.15) is 18.5 Å². The van der Waals surface area contributed by atoms with E-state index in [2.05, 4.69) is 27.5 Å². The highest BCUT2D eigenvalue weighted by molar-refractivity contribution is 9.09. The molecule has 4 unspecified atom stereocenters. The van der Waals surface area contributed by atoms with Crippen molar-refractivity contribution in [2.75, 3.05) is 11.5 Å². The summed E-state index contributed by atoms with van der Waals surface area (Å²) in [5, 5.41) is 0.583. The van der Waals surface area contributed by atoms with Gasteiger partial charge in [-0.1, -0.05) is 40.7 Å². The second-order valence-corrected chi connectivity index (χ2v) is 11.1. The zero-order chi connectivity index (χ0) is 23.3. The number of aryl methyl sites for hydroxylation is 2. The van der Waals surface area contributed by atoms with Crippen LogP contribution in [0.1, 0.15) is 41.4 Å². The summed E-state index contributed by atoms with van der Waals surface area (Å²) >= 11 is 5.14. The van der Waals surface area contributed by atoms with Gasteiger partial charge in [0.05, 0.1) is 23.2 Å². The maximum Gasteiger partial charge on any atom is 0.296 e. The van der Waals surface area contributed by atoms with Crippen molar-refractivity contribution in [3.8, 4) is 5.75 Å². The maximum absolute atomic E-state index is 13.8. The van der Waals surface area contributed by atoms with Crippen LogP contribution in [0.5, 0.6) is 5.75 Å². The molecule has 5 rings (SSSR count). The Bertz CT molecular complexity index is 1140. The first-order valence-electron chi connectivity index (χ1n) is 11.1. The number of thiazole rings is 1. The number of ketones is 1. The normalized spacial score (nSPS) is 26.7. The summed E-state index contributed by atoms with van der Waals surface area (Å²) in [4.78, 5) is 35.0. The van der Waals surface area contributed by atoms with Crippen LogP contribution in [0.4, 0.5) is 5.13 Å². The number of amides is 1. The molecule has 1 amide bonds. The molecule has 3 heterocycles. The fraction of sp³-hybridized carbons (Fsp3) is 0.400. The minimum absolute atomic E-state index is 0.0169. The molecule has 4 atom stereocenters. The number of halogens is 1. The van der Waals surface area contributed by atoms with E-state index < -0.39 is 6.04 Å².